The normalized spacial score (nSPS) is 24.4. The van der Waals surface area contributed by atoms with Gasteiger partial charge in [0.05, 0.1) is 12.5 Å². The molecule has 16 heavy (non-hydrogen) atoms. The van der Waals surface area contributed by atoms with Crippen molar-refractivity contribution in [1.82, 2.24) is 0 Å². The number of aliphatic hydroxyl groups excluding tert-OH is 1. The van der Waals surface area contributed by atoms with Crippen LogP contribution in [0.25, 0.3) is 5.57 Å². The van der Waals surface area contributed by atoms with Gasteiger partial charge in [0.15, 0.2) is 0 Å². The van der Waals surface area contributed by atoms with Crippen molar-refractivity contribution >= 4 is 5.57 Å². The third-order valence-electron chi connectivity index (χ3n) is 2.86. The highest BCUT2D eigenvalue weighted by molar-refractivity contribution is 5.65. The van der Waals surface area contributed by atoms with E-state index in [1.165, 1.54) is 6.26 Å². The van der Waals surface area contributed by atoms with Crippen LogP contribution in [0.15, 0.2) is 48.9 Å². The van der Waals surface area contributed by atoms with E-state index in [0.717, 1.165) is 17.6 Å². The van der Waals surface area contributed by atoms with E-state index in [9.17, 15) is 5.11 Å². The molecule has 1 atom stereocenters. The topological polar surface area (TPSA) is 29.5 Å². The van der Waals surface area contributed by atoms with Crippen molar-refractivity contribution in [2.24, 2.45) is 0 Å². The lowest BCUT2D eigenvalue weighted by atomic mass is 9.91. The van der Waals surface area contributed by atoms with E-state index in [4.69, 9.17) is 4.74 Å². The van der Waals surface area contributed by atoms with Gasteiger partial charge in [-0.1, -0.05) is 30.3 Å². The van der Waals surface area contributed by atoms with Crippen molar-refractivity contribution in [3.8, 4) is 0 Å². The van der Waals surface area contributed by atoms with E-state index >= 15 is 0 Å². The molecule has 0 radical (unpaired) electrons. The molecule has 1 aliphatic rings. The van der Waals surface area contributed by atoms with Gasteiger partial charge in [0, 0.05) is 12.8 Å². The summed E-state index contributed by atoms with van der Waals surface area (Å²) in [6.07, 6.45) is 6.53. The zero-order chi connectivity index (χ0) is 11.4. The van der Waals surface area contributed by atoms with Crippen molar-refractivity contribution < 1.29 is 9.84 Å². The third kappa shape index (κ3) is 2.27. The van der Waals surface area contributed by atoms with E-state index in [1.54, 1.807) is 6.26 Å². The lowest BCUT2D eigenvalue weighted by Gasteiger charge is -2.24. The average molecular weight is 216 g/mol. The second-order valence-corrected chi connectivity index (χ2v) is 4.34. The molecule has 0 amide bonds. The molecule has 0 spiro atoms. The largest absolute Gasteiger partial charge is 0.515 e. The molecule has 1 heterocycles. The van der Waals surface area contributed by atoms with Gasteiger partial charge in [-0.15, -0.1) is 0 Å². The standard InChI is InChI=1S/C14H16O2/c1-14(8-5-9-16-14)10-13(11-15)12-6-3-2-4-7-12/h2-7,9,11,15H,8,10H2,1H3. The van der Waals surface area contributed by atoms with Crippen molar-refractivity contribution in [2.75, 3.05) is 0 Å². The molecule has 1 aliphatic heterocycles. The summed E-state index contributed by atoms with van der Waals surface area (Å²) in [7, 11) is 0. The number of hydrogen-bond donors (Lipinski definition) is 1. The van der Waals surface area contributed by atoms with Crippen molar-refractivity contribution in [1.29, 1.82) is 0 Å². The Labute approximate surface area is 95.9 Å². The Morgan fingerprint density at radius 2 is 2.19 bits per heavy atom. The van der Waals surface area contributed by atoms with Crippen LogP contribution in [-0.4, -0.2) is 10.7 Å². The maximum absolute atomic E-state index is 9.32. The van der Waals surface area contributed by atoms with Crippen LogP contribution in [0.2, 0.25) is 0 Å². The highest BCUT2D eigenvalue weighted by atomic mass is 16.5. The molecule has 0 fully saturated rings. The van der Waals surface area contributed by atoms with E-state index in [1.807, 2.05) is 36.4 Å². The lowest BCUT2D eigenvalue weighted by Crippen LogP contribution is -2.23. The van der Waals surface area contributed by atoms with Crippen LogP contribution in [0, 0.1) is 0 Å². The first-order chi connectivity index (χ1) is 7.73. The third-order valence-corrected chi connectivity index (χ3v) is 2.86. The quantitative estimate of drug-likeness (QED) is 0.781. The fourth-order valence-electron chi connectivity index (χ4n) is 1.95. The molecule has 0 saturated heterocycles. The van der Waals surface area contributed by atoms with Crippen molar-refractivity contribution in [2.45, 2.75) is 25.4 Å². The van der Waals surface area contributed by atoms with E-state index in [0.29, 0.717) is 6.42 Å². The van der Waals surface area contributed by atoms with Gasteiger partial charge in [0.1, 0.15) is 5.60 Å². The summed E-state index contributed by atoms with van der Waals surface area (Å²) in [6.45, 7) is 2.06. The average Bonchev–Trinajstić information content (AvgIpc) is 2.74. The smallest absolute Gasteiger partial charge is 0.113 e. The molecule has 1 unspecified atom stereocenters. The molecular formula is C14H16O2. The Balaban J connectivity index is 2.14. The van der Waals surface area contributed by atoms with Gasteiger partial charge in [0.2, 0.25) is 0 Å². The lowest BCUT2D eigenvalue weighted by molar-refractivity contribution is 0.0684. The summed E-state index contributed by atoms with van der Waals surface area (Å²) in [5.74, 6) is 0. The van der Waals surface area contributed by atoms with Gasteiger partial charge in [-0.25, -0.2) is 0 Å². The highest BCUT2D eigenvalue weighted by Crippen LogP contribution is 2.33. The predicted octanol–water partition coefficient (Wildman–Crippen LogP) is 3.67. The van der Waals surface area contributed by atoms with Gasteiger partial charge in [0.25, 0.3) is 0 Å². The molecule has 2 rings (SSSR count). The summed E-state index contributed by atoms with van der Waals surface area (Å²) in [4.78, 5) is 0. The second-order valence-electron chi connectivity index (χ2n) is 4.34. The molecule has 1 aromatic rings. The van der Waals surface area contributed by atoms with Crippen LogP contribution in [0.4, 0.5) is 0 Å². The first-order valence-corrected chi connectivity index (χ1v) is 5.45. The van der Waals surface area contributed by atoms with Crippen LogP contribution in [0.1, 0.15) is 25.3 Å². The van der Waals surface area contributed by atoms with Gasteiger partial charge in [-0.05, 0) is 24.1 Å². The van der Waals surface area contributed by atoms with Crippen LogP contribution in [-0.2, 0) is 4.74 Å². The molecule has 1 N–H and O–H groups in total. The highest BCUT2D eigenvalue weighted by Gasteiger charge is 2.28. The summed E-state index contributed by atoms with van der Waals surface area (Å²) in [5, 5.41) is 9.32. The zero-order valence-corrected chi connectivity index (χ0v) is 9.39. The fourth-order valence-corrected chi connectivity index (χ4v) is 1.95. The van der Waals surface area contributed by atoms with Crippen molar-refractivity contribution in [3.05, 3.63) is 54.5 Å². The van der Waals surface area contributed by atoms with E-state index in [-0.39, 0.29) is 5.60 Å². The summed E-state index contributed by atoms with van der Waals surface area (Å²) >= 11 is 0. The molecule has 1 aromatic carbocycles. The predicted molar refractivity (Wildman–Crippen MR) is 64.9 cm³/mol. The fraction of sp³-hybridized carbons (Fsp3) is 0.286. The maximum Gasteiger partial charge on any atom is 0.113 e. The minimum atomic E-state index is -0.218. The van der Waals surface area contributed by atoms with Crippen molar-refractivity contribution in [3.63, 3.8) is 0 Å². The minimum absolute atomic E-state index is 0.218. The zero-order valence-electron chi connectivity index (χ0n) is 9.39. The molecule has 0 saturated carbocycles. The number of ether oxygens (including phenoxy) is 1. The molecule has 0 aromatic heterocycles. The van der Waals surface area contributed by atoms with Crippen LogP contribution in [0.3, 0.4) is 0 Å². The molecule has 84 valence electrons. The molecular weight excluding hydrogens is 200 g/mol. The SMILES string of the molecule is CC1(CC(=CO)c2ccccc2)CC=CO1. The first-order valence-electron chi connectivity index (χ1n) is 5.45. The second kappa shape index (κ2) is 4.44. The summed E-state index contributed by atoms with van der Waals surface area (Å²) < 4.78 is 5.56. The van der Waals surface area contributed by atoms with Gasteiger partial charge >= 0.3 is 0 Å². The molecule has 2 nitrogen and oxygen atoms in total. The van der Waals surface area contributed by atoms with Crippen LogP contribution >= 0.6 is 0 Å². The number of hydrogen-bond acceptors (Lipinski definition) is 2. The number of benzene rings is 1. The summed E-state index contributed by atoms with van der Waals surface area (Å²) in [5.41, 5.74) is 1.73. The molecule has 0 aliphatic carbocycles. The van der Waals surface area contributed by atoms with E-state index in [2.05, 4.69) is 6.92 Å². The Morgan fingerprint density at radius 3 is 2.75 bits per heavy atom. The van der Waals surface area contributed by atoms with E-state index < -0.39 is 0 Å². The Kier molecular flexibility index (Phi) is 3.00. The number of rotatable bonds is 3. The number of aliphatic hydroxyl groups is 1. The Bertz CT molecular complexity index is 396. The van der Waals surface area contributed by atoms with Gasteiger partial charge in [-0.3, -0.25) is 0 Å². The first kappa shape index (κ1) is 10.8. The Morgan fingerprint density at radius 1 is 1.44 bits per heavy atom. The molecule has 0 bridgehead atoms. The van der Waals surface area contributed by atoms with Gasteiger partial charge < -0.3 is 9.84 Å². The minimum Gasteiger partial charge on any atom is -0.515 e. The van der Waals surface area contributed by atoms with Crippen LogP contribution in [0.5, 0.6) is 0 Å². The maximum atomic E-state index is 9.32. The van der Waals surface area contributed by atoms with Crippen LogP contribution < -0.4 is 0 Å². The van der Waals surface area contributed by atoms with Gasteiger partial charge in [-0.2, -0.15) is 0 Å². The summed E-state index contributed by atoms with van der Waals surface area (Å²) in [6, 6.07) is 9.89. The Hall–Kier alpha value is -1.70. The monoisotopic (exact) mass is 216 g/mol. The molecule has 2 heteroatoms.